The van der Waals surface area contributed by atoms with Crippen molar-refractivity contribution >= 4 is 27.2 Å². The molecular formula is C11H16N2O3S2. The lowest BCUT2D eigenvalue weighted by Crippen LogP contribution is -2.30. The highest BCUT2D eigenvalue weighted by Gasteiger charge is 2.20. The fraction of sp³-hybridized carbons (Fsp3) is 0.364. The van der Waals surface area contributed by atoms with E-state index in [4.69, 9.17) is 22.7 Å². The fourth-order valence-electron chi connectivity index (χ4n) is 1.33. The SMILES string of the molecule is COCCN(C)S(=O)(=O)c1cccc(C(N)=S)c1. The number of methoxy groups -OCH3 is 1. The van der Waals surface area contributed by atoms with Gasteiger partial charge in [-0.2, -0.15) is 4.31 Å². The minimum atomic E-state index is -3.53. The van der Waals surface area contributed by atoms with Gasteiger partial charge in [-0.3, -0.25) is 0 Å². The fourth-order valence-corrected chi connectivity index (χ4v) is 2.66. The van der Waals surface area contributed by atoms with Crippen LogP contribution in [0.3, 0.4) is 0 Å². The number of thiocarbonyl (C=S) groups is 1. The summed E-state index contributed by atoms with van der Waals surface area (Å²) >= 11 is 4.83. The van der Waals surface area contributed by atoms with Crippen LogP contribution in [0.4, 0.5) is 0 Å². The van der Waals surface area contributed by atoms with Crippen LogP contribution in [0.15, 0.2) is 29.2 Å². The normalized spacial score (nSPS) is 11.7. The van der Waals surface area contributed by atoms with Gasteiger partial charge in [0.15, 0.2) is 0 Å². The summed E-state index contributed by atoms with van der Waals surface area (Å²) in [6.07, 6.45) is 0. The van der Waals surface area contributed by atoms with Crippen LogP contribution in [-0.2, 0) is 14.8 Å². The van der Waals surface area contributed by atoms with E-state index < -0.39 is 10.0 Å². The molecule has 0 unspecified atom stereocenters. The summed E-state index contributed by atoms with van der Waals surface area (Å²) in [4.78, 5) is 0.345. The average Bonchev–Trinajstić information content (AvgIpc) is 2.35. The lowest BCUT2D eigenvalue weighted by atomic mass is 10.2. The van der Waals surface area contributed by atoms with Gasteiger partial charge >= 0.3 is 0 Å². The van der Waals surface area contributed by atoms with Crippen LogP contribution in [0.1, 0.15) is 5.56 Å². The summed E-state index contributed by atoms with van der Waals surface area (Å²) in [5.74, 6) is 0. The van der Waals surface area contributed by atoms with E-state index in [0.29, 0.717) is 12.2 Å². The van der Waals surface area contributed by atoms with E-state index in [-0.39, 0.29) is 16.4 Å². The highest BCUT2D eigenvalue weighted by Crippen LogP contribution is 2.15. The van der Waals surface area contributed by atoms with Crippen molar-refractivity contribution < 1.29 is 13.2 Å². The largest absolute Gasteiger partial charge is 0.389 e. The minimum Gasteiger partial charge on any atom is -0.389 e. The van der Waals surface area contributed by atoms with E-state index in [0.717, 1.165) is 0 Å². The molecule has 0 aliphatic rings. The van der Waals surface area contributed by atoms with Crippen LogP contribution >= 0.6 is 12.2 Å². The molecule has 100 valence electrons. The minimum absolute atomic E-state index is 0.173. The molecule has 1 rings (SSSR count). The zero-order valence-electron chi connectivity index (χ0n) is 10.3. The Bertz CT molecular complexity index is 529. The Labute approximate surface area is 113 Å². The molecule has 0 bridgehead atoms. The first kappa shape index (κ1) is 15.0. The van der Waals surface area contributed by atoms with E-state index in [1.807, 2.05) is 0 Å². The molecule has 0 fully saturated rings. The number of benzene rings is 1. The monoisotopic (exact) mass is 288 g/mol. The Morgan fingerprint density at radius 1 is 1.50 bits per heavy atom. The maximum Gasteiger partial charge on any atom is 0.242 e. The number of hydrogen-bond acceptors (Lipinski definition) is 4. The lowest BCUT2D eigenvalue weighted by molar-refractivity contribution is 0.185. The van der Waals surface area contributed by atoms with Crippen LogP contribution in [0, 0.1) is 0 Å². The molecular weight excluding hydrogens is 272 g/mol. The summed E-state index contributed by atoms with van der Waals surface area (Å²) in [5, 5.41) is 0. The number of sulfonamides is 1. The van der Waals surface area contributed by atoms with Crippen molar-refractivity contribution in [1.29, 1.82) is 0 Å². The number of likely N-dealkylation sites (N-methyl/N-ethyl adjacent to an activating group) is 1. The number of nitrogens with two attached hydrogens (primary N) is 1. The topological polar surface area (TPSA) is 72.6 Å². The van der Waals surface area contributed by atoms with Crippen LogP contribution in [-0.4, -0.2) is 45.0 Å². The summed E-state index contributed by atoms with van der Waals surface area (Å²) in [6.45, 7) is 0.626. The van der Waals surface area contributed by atoms with Crippen molar-refractivity contribution in [3.63, 3.8) is 0 Å². The van der Waals surface area contributed by atoms with E-state index >= 15 is 0 Å². The second kappa shape index (κ2) is 6.24. The quantitative estimate of drug-likeness (QED) is 0.776. The summed E-state index contributed by atoms with van der Waals surface area (Å²) in [5.41, 5.74) is 6.02. The molecule has 0 atom stereocenters. The van der Waals surface area contributed by atoms with Crippen molar-refractivity contribution in [3.8, 4) is 0 Å². The summed E-state index contributed by atoms with van der Waals surface area (Å²) in [7, 11) is -0.506. The highest BCUT2D eigenvalue weighted by atomic mass is 32.2. The third kappa shape index (κ3) is 3.49. The van der Waals surface area contributed by atoms with Crippen LogP contribution in [0.5, 0.6) is 0 Å². The van der Waals surface area contributed by atoms with Gasteiger partial charge in [0, 0.05) is 26.3 Å². The first-order chi connectivity index (χ1) is 8.39. The van der Waals surface area contributed by atoms with Crippen molar-refractivity contribution in [2.75, 3.05) is 27.3 Å². The second-order valence-electron chi connectivity index (χ2n) is 3.71. The van der Waals surface area contributed by atoms with Crippen molar-refractivity contribution in [1.82, 2.24) is 4.31 Å². The van der Waals surface area contributed by atoms with Gasteiger partial charge in [-0.25, -0.2) is 8.42 Å². The summed E-state index contributed by atoms with van der Waals surface area (Å²) in [6, 6.07) is 6.28. The van der Waals surface area contributed by atoms with E-state index in [1.54, 1.807) is 12.1 Å². The average molecular weight is 288 g/mol. The second-order valence-corrected chi connectivity index (χ2v) is 6.20. The standard InChI is InChI=1S/C11H16N2O3S2/c1-13(6-7-16-2)18(14,15)10-5-3-4-9(8-10)11(12)17/h3-5,8H,6-7H2,1-2H3,(H2,12,17). The van der Waals surface area contributed by atoms with Gasteiger partial charge in [0.05, 0.1) is 11.5 Å². The first-order valence-electron chi connectivity index (χ1n) is 5.24. The molecule has 0 saturated heterocycles. The molecule has 2 N–H and O–H groups in total. The Hall–Kier alpha value is -1.02. The van der Waals surface area contributed by atoms with E-state index in [2.05, 4.69) is 0 Å². The number of ether oxygens (including phenoxy) is 1. The third-order valence-corrected chi connectivity index (χ3v) is 4.53. The molecule has 0 aliphatic carbocycles. The number of nitrogens with zero attached hydrogens (tertiary/aromatic N) is 1. The van der Waals surface area contributed by atoms with Crippen molar-refractivity contribution in [2.45, 2.75) is 4.90 Å². The molecule has 1 aromatic rings. The number of hydrogen-bond donors (Lipinski definition) is 1. The van der Waals surface area contributed by atoms with Gasteiger partial charge in [-0.05, 0) is 12.1 Å². The Morgan fingerprint density at radius 2 is 2.17 bits per heavy atom. The maximum absolute atomic E-state index is 12.2. The van der Waals surface area contributed by atoms with Crippen LogP contribution in [0.2, 0.25) is 0 Å². The van der Waals surface area contributed by atoms with Gasteiger partial charge in [0.25, 0.3) is 0 Å². The molecule has 18 heavy (non-hydrogen) atoms. The van der Waals surface area contributed by atoms with Crippen LogP contribution in [0.25, 0.3) is 0 Å². The molecule has 5 nitrogen and oxygen atoms in total. The predicted octanol–water partition coefficient (Wildman–Crippen LogP) is 0.588. The van der Waals surface area contributed by atoms with Crippen molar-refractivity contribution in [3.05, 3.63) is 29.8 Å². The lowest BCUT2D eigenvalue weighted by Gasteiger charge is -2.17. The Morgan fingerprint density at radius 3 is 2.72 bits per heavy atom. The molecule has 0 spiro atoms. The summed E-state index contributed by atoms with van der Waals surface area (Å²) < 4.78 is 30.5. The zero-order chi connectivity index (χ0) is 13.8. The van der Waals surface area contributed by atoms with Gasteiger partial charge in [0.2, 0.25) is 10.0 Å². The van der Waals surface area contributed by atoms with Gasteiger partial charge in [0.1, 0.15) is 4.99 Å². The first-order valence-corrected chi connectivity index (χ1v) is 7.09. The molecule has 0 radical (unpaired) electrons. The van der Waals surface area contributed by atoms with Gasteiger partial charge in [-0.1, -0.05) is 24.4 Å². The Kier molecular flexibility index (Phi) is 5.21. The molecule has 0 saturated carbocycles. The maximum atomic E-state index is 12.2. The smallest absolute Gasteiger partial charge is 0.242 e. The van der Waals surface area contributed by atoms with E-state index in [9.17, 15) is 8.42 Å². The van der Waals surface area contributed by atoms with Gasteiger partial charge < -0.3 is 10.5 Å². The molecule has 0 aromatic heterocycles. The predicted molar refractivity (Wildman–Crippen MR) is 74.0 cm³/mol. The molecule has 0 amide bonds. The molecule has 0 aliphatic heterocycles. The molecule has 7 heteroatoms. The third-order valence-electron chi connectivity index (χ3n) is 2.44. The van der Waals surface area contributed by atoms with Crippen molar-refractivity contribution in [2.24, 2.45) is 5.73 Å². The Balaban J connectivity index is 3.04. The van der Waals surface area contributed by atoms with Gasteiger partial charge in [-0.15, -0.1) is 0 Å². The molecule has 1 aromatic carbocycles. The highest BCUT2D eigenvalue weighted by molar-refractivity contribution is 7.89. The van der Waals surface area contributed by atoms with E-state index in [1.165, 1.54) is 30.6 Å². The zero-order valence-corrected chi connectivity index (χ0v) is 11.9. The van der Waals surface area contributed by atoms with Crippen LogP contribution < -0.4 is 5.73 Å². The molecule has 0 heterocycles. The number of rotatable bonds is 6.